The molecule has 1 N–H and O–H groups in total. The maximum Gasteiger partial charge on any atom is 0.435 e. The lowest BCUT2D eigenvalue weighted by molar-refractivity contribution is -0.187. The van der Waals surface area contributed by atoms with Crippen LogP contribution >= 0.6 is 0 Å². The molecule has 4 rings (SSSR count). The number of halogens is 3. The van der Waals surface area contributed by atoms with Crippen LogP contribution in [-0.4, -0.2) is 60.8 Å². The number of ether oxygens (including phenoxy) is 2. The van der Waals surface area contributed by atoms with E-state index in [9.17, 15) is 31.2 Å². The predicted octanol–water partition coefficient (Wildman–Crippen LogP) is 5.59. The Hall–Kier alpha value is -4.67. The van der Waals surface area contributed by atoms with Gasteiger partial charge in [-0.3, -0.25) is 9.80 Å². The molecule has 1 amide bonds. The normalized spacial score (nSPS) is 16.1. The topological polar surface area (TPSA) is 154 Å². The minimum atomic E-state index is -4.70. The molecule has 0 saturated carbocycles. The van der Waals surface area contributed by atoms with Crippen molar-refractivity contribution in [1.29, 1.82) is 0 Å². The summed E-state index contributed by atoms with van der Waals surface area (Å²) in [5, 5.41) is 12.5. The van der Waals surface area contributed by atoms with Crippen molar-refractivity contribution < 1.29 is 45.5 Å². The first kappa shape index (κ1) is 34.2. The Labute approximate surface area is 263 Å². The van der Waals surface area contributed by atoms with E-state index in [4.69, 9.17) is 14.3 Å². The summed E-state index contributed by atoms with van der Waals surface area (Å²) < 4.78 is 79.1. The Morgan fingerprint density at radius 1 is 1.09 bits per heavy atom. The van der Waals surface area contributed by atoms with Gasteiger partial charge in [-0.1, -0.05) is 29.8 Å². The number of hydrogen-bond acceptors (Lipinski definition) is 10. The van der Waals surface area contributed by atoms with Gasteiger partial charge in [0, 0.05) is 24.3 Å². The lowest BCUT2D eigenvalue weighted by Gasteiger charge is -2.36. The van der Waals surface area contributed by atoms with Crippen LogP contribution in [0.25, 0.3) is 16.9 Å². The molecule has 1 fully saturated rings. The Morgan fingerprint density at radius 3 is 2.30 bits per heavy atom. The van der Waals surface area contributed by atoms with Gasteiger partial charge in [0.25, 0.3) is 16.3 Å². The highest BCUT2D eigenvalue weighted by molar-refractivity contribution is 7.90. The van der Waals surface area contributed by atoms with E-state index in [1.165, 1.54) is 24.1 Å². The minimum absolute atomic E-state index is 0.152. The molecule has 248 valence electrons. The first-order valence-electron chi connectivity index (χ1n) is 14.0. The van der Waals surface area contributed by atoms with Gasteiger partial charge in [-0.25, -0.2) is 22.6 Å². The predicted molar refractivity (Wildman–Crippen MR) is 156 cm³/mol. The molecule has 46 heavy (non-hydrogen) atoms. The molecule has 2 atom stereocenters. The van der Waals surface area contributed by atoms with E-state index in [2.05, 4.69) is 15.6 Å². The van der Waals surface area contributed by atoms with E-state index in [0.717, 1.165) is 28.4 Å². The van der Waals surface area contributed by atoms with E-state index in [-0.39, 0.29) is 22.9 Å². The second-order valence-corrected chi connectivity index (χ2v) is 13.2. The zero-order valence-electron chi connectivity index (χ0n) is 25.6. The van der Waals surface area contributed by atoms with Crippen LogP contribution in [0.15, 0.2) is 70.0 Å². The minimum Gasteiger partial charge on any atom is -0.447 e. The Kier molecular flexibility index (Phi) is 9.94. The summed E-state index contributed by atoms with van der Waals surface area (Å²) >= 11 is 0. The largest absolute Gasteiger partial charge is 0.447 e. The van der Waals surface area contributed by atoms with Crippen molar-refractivity contribution in [3.63, 3.8) is 0 Å². The molecule has 1 aliphatic rings. The molecule has 1 aliphatic heterocycles. The fraction of sp³-hybridized carbons (Fsp3) is 0.414. The summed E-state index contributed by atoms with van der Waals surface area (Å²) in [5.41, 5.74) is -0.122. The van der Waals surface area contributed by atoms with Crippen molar-refractivity contribution in [2.75, 3.05) is 13.2 Å². The third kappa shape index (κ3) is 8.52. The van der Waals surface area contributed by atoms with Crippen molar-refractivity contribution in [2.45, 2.75) is 64.4 Å². The molecular weight excluding hydrogens is 633 g/mol. The highest BCUT2D eigenvalue weighted by atomic mass is 32.2. The number of rotatable bonds is 10. The Morgan fingerprint density at radius 2 is 1.74 bits per heavy atom. The van der Waals surface area contributed by atoms with Gasteiger partial charge in [0.05, 0.1) is 27.7 Å². The number of aryl methyl sites for hydroxylation is 1. The van der Waals surface area contributed by atoms with E-state index in [0.29, 0.717) is 18.5 Å². The lowest BCUT2D eigenvalue weighted by atomic mass is 9.97. The van der Waals surface area contributed by atoms with E-state index >= 15 is 0 Å². The number of alkyl halides is 3. The number of amides is 1. The van der Waals surface area contributed by atoms with Gasteiger partial charge in [0.2, 0.25) is 0 Å². The van der Waals surface area contributed by atoms with Gasteiger partial charge in [0.15, 0.2) is 5.69 Å². The average molecular weight is 667 g/mol. The van der Waals surface area contributed by atoms with Crippen LogP contribution in [0.2, 0.25) is 0 Å². The number of nitrogens with zero attached hydrogens (tertiary/aromatic N) is 5. The first-order valence-corrected chi connectivity index (χ1v) is 15.5. The second kappa shape index (κ2) is 13.4. The van der Waals surface area contributed by atoms with Gasteiger partial charge in [-0.05, 0) is 69.7 Å². The number of sulfonamides is 1. The molecule has 0 radical (unpaired) electrons. The molecular formula is C29H33F3N6O7S. The van der Waals surface area contributed by atoms with Gasteiger partial charge < -0.3 is 14.3 Å². The van der Waals surface area contributed by atoms with Crippen molar-refractivity contribution >= 4 is 22.1 Å². The molecule has 13 nitrogen and oxygen atoms in total. The first-order chi connectivity index (χ1) is 21.4. The molecule has 1 saturated heterocycles. The van der Waals surface area contributed by atoms with E-state index < -0.39 is 51.7 Å². The molecule has 0 spiro atoms. The van der Waals surface area contributed by atoms with Crippen LogP contribution in [0.1, 0.15) is 45.4 Å². The number of carbonyl (C=O) groups is 2. The van der Waals surface area contributed by atoms with Crippen LogP contribution in [-0.2, 0) is 35.3 Å². The highest BCUT2D eigenvalue weighted by Crippen LogP contribution is 2.33. The van der Waals surface area contributed by atoms with Crippen molar-refractivity contribution in [3.05, 3.63) is 65.9 Å². The van der Waals surface area contributed by atoms with Gasteiger partial charge in [-0.15, -0.1) is 0 Å². The standard InChI is InChI=1S/C29H33F3N6O7S/c1-18-6-8-20(9-7-18)24-16-25(29(30,31)32)33-38(24)21-10-12-23(13-11-21)46(41,42)34-27(40)43-17-22-14-15-37(22)35-36-45-19(2)44-26(39)28(3,4)5/h6-13,16,19,22H,14-15,17H2,1-5H3,(H,34,40)/t19?,22-/m0/s1. The quantitative estimate of drug-likeness (QED) is 0.126. The number of aromatic nitrogens is 2. The van der Waals surface area contributed by atoms with Crippen LogP contribution < -0.4 is 4.72 Å². The van der Waals surface area contributed by atoms with Gasteiger partial charge in [-0.2, -0.15) is 18.3 Å². The third-order valence-electron chi connectivity index (χ3n) is 6.71. The van der Waals surface area contributed by atoms with Crippen LogP contribution in [0, 0.1) is 12.3 Å². The Balaban J connectivity index is 1.34. The zero-order valence-corrected chi connectivity index (χ0v) is 26.4. The number of hydrogen-bond donors (Lipinski definition) is 1. The van der Waals surface area contributed by atoms with Gasteiger partial charge in [0.1, 0.15) is 6.61 Å². The fourth-order valence-electron chi connectivity index (χ4n) is 3.98. The number of esters is 1. The number of carbonyl (C=O) groups excluding carboxylic acids is 2. The maximum absolute atomic E-state index is 13.5. The lowest BCUT2D eigenvalue weighted by Crippen LogP contribution is -2.47. The van der Waals surface area contributed by atoms with Crippen LogP contribution in [0.5, 0.6) is 0 Å². The average Bonchev–Trinajstić information content (AvgIpc) is 3.41. The second-order valence-electron chi connectivity index (χ2n) is 11.5. The molecule has 0 bridgehead atoms. The molecule has 1 aromatic heterocycles. The zero-order chi connectivity index (χ0) is 33.9. The SMILES string of the molecule is Cc1ccc(-c2cc(C(F)(F)F)nn2-c2ccc(S(=O)(=O)NC(=O)OC[C@@H]3CCN3N=NOC(C)OC(=O)C(C)(C)C)cc2)cc1. The fourth-order valence-corrected chi connectivity index (χ4v) is 4.87. The van der Waals surface area contributed by atoms with Crippen LogP contribution in [0.3, 0.4) is 0 Å². The molecule has 2 aromatic carbocycles. The van der Waals surface area contributed by atoms with E-state index in [1.54, 1.807) is 49.8 Å². The van der Waals surface area contributed by atoms with Crippen molar-refractivity contribution in [1.82, 2.24) is 19.5 Å². The highest BCUT2D eigenvalue weighted by Gasteiger charge is 2.35. The molecule has 1 unspecified atom stereocenters. The molecule has 3 aromatic rings. The third-order valence-corrected chi connectivity index (χ3v) is 8.04. The van der Waals surface area contributed by atoms with Crippen LogP contribution in [0.4, 0.5) is 18.0 Å². The number of benzene rings is 2. The van der Waals surface area contributed by atoms with Crippen molar-refractivity contribution in [3.8, 4) is 16.9 Å². The maximum atomic E-state index is 13.5. The van der Waals surface area contributed by atoms with E-state index in [1.807, 2.05) is 6.92 Å². The smallest absolute Gasteiger partial charge is 0.435 e. The summed E-state index contributed by atoms with van der Waals surface area (Å²) in [4.78, 5) is 28.9. The molecule has 17 heteroatoms. The van der Waals surface area contributed by atoms with Crippen molar-refractivity contribution in [2.24, 2.45) is 15.9 Å². The summed E-state index contributed by atoms with van der Waals surface area (Å²) in [6.45, 7) is 8.64. The van der Waals surface area contributed by atoms with Gasteiger partial charge >= 0.3 is 18.2 Å². The summed E-state index contributed by atoms with van der Waals surface area (Å²) in [5.74, 6) is -0.480. The molecule has 2 heterocycles. The summed E-state index contributed by atoms with van der Waals surface area (Å²) in [6.07, 6.45) is -6.35. The number of nitrogens with one attached hydrogen (secondary N) is 1. The Bertz CT molecular complexity index is 1690. The summed E-state index contributed by atoms with van der Waals surface area (Å²) in [7, 11) is -4.39. The monoisotopic (exact) mass is 666 g/mol. The molecule has 0 aliphatic carbocycles. The summed E-state index contributed by atoms with van der Waals surface area (Å²) in [6, 6.07) is 12.1.